The molecule has 42 heavy (non-hydrogen) atoms. The first kappa shape index (κ1) is 31.7. The zero-order valence-corrected chi connectivity index (χ0v) is 24.3. The third-order valence-electron chi connectivity index (χ3n) is 6.10. The average molecular weight is 579 g/mol. The van der Waals surface area contributed by atoms with Crippen molar-refractivity contribution in [1.29, 1.82) is 0 Å². The van der Waals surface area contributed by atoms with Gasteiger partial charge in [0.2, 0.25) is 0 Å². The van der Waals surface area contributed by atoms with Gasteiger partial charge in [0.1, 0.15) is 34.5 Å². The number of ether oxygens (including phenoxy) is 4. The molecule has 0 bridgehead atoms. The Balaban J connectivity index is 1.55. The highest BCUT2D eigenvalue weighted by Crippen LogP contribution is 2.37. The van der Waals surface area contributed by atoms with Crippen LogP contribution in [0.2, 0.25) is 0 Å². The van der Waals surface area contributed by atoms with E-state index in [2.05, 4.69) is 0 Å². The highest BCUT2D eigenvalue weighted by molar-refractivity contribution is 5.83. The van der Waals surface area contributed by atoms with Gasteiger partial charge in [0.15, 0.2) is 25.8 Å². The van der Waals surface area contributed by atoms with Gasteiger partial charge in [-0.25, -0.2) is 9.59 Å². The largest absolute Gasteiger partial charge is 0.507 e. The lowest BCUT2D eigenvalue weighted by Gasteiger charge is -2.22. The summed E-state index contributed by atoms with van der Waals surface area (Å²) in [5, 5.41) is 20.6. The lowest BCUT2D eigenvalue weighted by Crippen LogP contribution is -2.19. The summed E-state index contributed by atoms with van der Waals surface area (Å²) in [4.78, 5) is 47.4. The van der Waals surface area contributed by atoms with Gasteiger partial charge in [0.25, 0.3) is 0 Å². The van der Waals surface area contributed by atoms with Crippen molar-refractivity contribution in [2.24, 2.45) is 0 Å². The van der Waals surface area contributed by atoms with Crippen LogP contribution in [0.1, 0.15) is 73.4 Å². The number of aldehydes is 2. The van der Waals surface area contributed by atoms with E-state index in [1.54, 1.807) is 0 Å². The van der Waals surface area contributed by atoms with Crippen LogP contribution in [0.5, 0.6) is 34.5 Å². The summed E-state index contributed by atoms with van der Waals surface area (Å²) in [5.41, 5.74) is -0.0639. The minimum absolute atomic E-state index is 0.00838. The topological polar surface area (TPSA) is 146 Å². The number of hydrogen-bond donors (Lipinski definition) is 2. The second-order valence-electron chi connectivity index (χ2n) is 11.5. The maximum atomic E-state index is 12.4. The fourth-order valence-corrected chi connectivity index (χ4v) is 3.94. The fraction of sp³-hybridized carbons (Fsp3) is 0.312. The van der Waals surface area contributed by atoms with Crippen LogP contribution in [0.3, 0.4) is 0 Å². The molecule has 0 heterocycles. The van der Waals surface area contributed by atoms with Gasteiger partial charge >= 0.3 is 11.9 Å². The van der Waals surface area contributed by atoms with E-state index in [-0.39, 0.29) is 34.1 Å². The number of rotatable bonds is 10. The fourth-order valence-electron chi connectivity index (χ4n) is 3.94. The molecule has 3 aromatic carbocycles. The Morgan fingerprint density at radius 2 is 0.952 bits per heavy atom. The smallest absolute Gasteiger partial charge is 0.349 e. The molecule has 3 aromatic rings. The van der Waals surface area contributed by atoms with E-state index in [0.717, 1.165) is 0 Å². The van der Waals surface area contributed by atoms with Crippen LogP contribution < -0.4 is 18.9 Å². The molecule has 10 nitrogen and oxygen atoms in total. The van der Waals surface area contributed by atoms with Gasteiger partial charge in [-0.05, 0) is 59.4 Å². The van der Waals surface area contributed by atoms with E-state index in [4.69, 9.17) is 18.9 Å². The summed E-state index contributed by atoms with van der Waals surface area (Å²) < 4.78 is 21.5. The summed E-state index contributed by atoms with van der Waals surface area (Å²) in [6.45, 7) is 10.2. The number of aromatic hydroxyl groups is 2. The van der Waals surface area contributed by atoms with Crippen molar-refractivity contribution in [2.45, 2.75) is 52.4 Å². The van der Waals surface area contributed by atoms with E-state index in [1.807, 2.05) is 41.5 Å². The SMILES string of the molecule is CC(C)(C)c1cc(OC(=O)COc2ccc(OCC(=O)Oc3cc(C=O)c(O)c(C(C)(C)C)c3)cc2)cc(C=O)c1O. The van der Waals surface area contributed by atoms with Crippen molar-refractivity contribution in [2.75, 3.05) is 13.2 Å². The number of esters is 2. The Morgan fingerprint density at radius 3 is 1.24 bits per heavy atom. The van der Waals surface area contributed by atoms with Crippen molar-refractivity contribution in [3.63, 3.8) is 0 Å². The predicted molar refractivity (Wildman–Crippen MR) is 153 cm³/mol. The van der Waals surface area contributed by atoms with Crippen LogP contribution in [0.4, 0.5) is 0 Å². The maximum Gasteiger partial charge on any atom is 0.349 e. The summed E-state index contributed by atoms with van der Waals surface area (Å²) in [7, 11) is 0. The molecule has 0 amide bonds. The zero-order chi connectivity index (χ0) is 31.2. The van der Waals surface area contributed by atoms with Crippen LogP contribution in [0, 0.1) is 0 Å². The molecule has 0 fully saturated rings. The number of phenolic OH excluding ortho intramolecular Hbond substituents is 2. The number of benzene rings is 3. The van der Waals surface area contributed by atoms with Crippen molar-refractivity contribution in [1.82, 2.24) is 0 Å². The Hall–Kier alpha value is -4.86. The Bertz CT molecular complexity index is 1360. The van der Waals surface area contributed by atoms with E-state index < -0.39 is 36.0 Å². The van der Waals surface area contributed by atoms with Crippen LogP contribution in [0.25, 0.3) is 0 Å². The summed E-state index contributed by atoms with van der Waals surface area (Å²) >= 11 is 0. The molecule has 0 aliphatic rings. The predicted octanol–water partition coefficient (Wildman–Crippen LogP) is 5.29. The maximum absolute atomic E-state index is 12.4. The normalized spacial score (nSPS) is 11.4. The summed E-state index contributed by atoms with van der Waals surface area (Å²) in [6, 6.07) is 11.7. The molecule has 0 radical (unpaired) electrons. The van der Waals surface area contributed by atoms with Gasteiger partial charge in [0.05, 0.1) is 11.1 Å². The molecule has 0 aliphatic carbocycles. The van der Waals surface area contributed by atoms with Gasteiger partial charge in [-0.15, -0.1) is 0 Å². The molecule has 2 N–H and O–H groups in total. The lowest BCUT2D eigenvalue weighted by molar-refractivity contribution is -0.137. The van der Waals surface area contributed by atoms with Gasteiger partial charge < -0.3 is 29.2 Å². The average Bonchev–Trinajstić information content (AvgIpc) is 2.91. The molecule has 0 saturated carbocycles. The molecule has 0 spiro atoms. The van der Waals surface area contributed by atoms with Crippen molar-refractivity contribution >= 4 is 24.5 Å². The first-order chi connectivity index (χ1) is 19.6. The van der Waals surface area contributed by atoms with Gasteiger partial charge in [-0.3, -0.25) is 9.59 Å². The third-order valence-corrected chi connectivity index (χ3v) is 6.10. The van der Waals surface area contributed by atoms with Crippen LogP contribution >= 0.6 is 0 Å². The molecule has 0 atom stereocenters. The Kier molecular flexibility index (Phi) is 9.62. The number of carbonyl (C=O) groups excluding carboxylic acids is 4. The monoisotopic (exact) mass is 578 g/mol. The lowest BCUT2D eigenvalue weighted by atomic mass is 9.85. The second kappa shape index (κ2) is 12.8. The third kappa shape index (κ3) is 8.09. The quantitative estimate of drug-likeness (QED) is 0.185. The molecule has 222 valence electrons. The summed E-state index contributed by atoms with van der Waals surface area (Å²) in [6.07, 6.45) is 0.975. The molecular formula is C32H34O10. The number of carbonyl (C=O) groups is 4. The molecule has 0 saturated heterocycles. The molecule has 0 aliphatic heterocycles. The second-order valence-corrected chi connectivity index (χ2v) is 11.5. The molecule has 10 heteroatoms. The molecular weight excluding hydrogens is 544 g/mol. The van der Waals surface area contributed by atoms with E-state index >= 15 is 0 Å². The minimum Gasteiger partial charge on any atom is -0.507 e. The van der Waals surface area contributed by atoms with Gasteiger partial charge in [0, 0.05) is 11.1 Å². The van der Waals surface area contributed by atoms with Gasteiger partial charge in [-0.1, -0.05) is 41.5 Å². The van der Waals surface area contributed by atoms with Crippen molar-refractivity contribution in [3.8, 4) is 34.5 Å². The Morgan fingerprint density at radius 1 is 0.619 bits per heavy atom. The highest BCUT2D eigenvalue weighted by Gasteiger charge is 2.24. The van der Waals surface area contributed by atoms with E-state index in [9.17, 15) is 29.4 Å². The standard InChI is InChI=1S/C32H34O10/c1-31(2,3)25-13-23(11-19(15-33)29(25)37)41-27(35)17-39-21-7-9-22(10-8-21)40-18-28(36)42-24-12-20(16-34)30(38)26(14-24)32(4,5)6/h7-16,37-38H,17-18H2,1-6H3. The van der Waals surface area contributed by atoms with E-state index in [1.165, 1.54) is 48.5 Å². The van der Waals surface area contributed by atoms with Crippen LogP contribution in [-0.4, -0.2) is 47.9 Å². The molecule has 0 unspecified atom stereocenters. The first-order valence-electron chi connectivity index (χ1n) is 13.0. The van der Waals surface area contributed by atoms with Crippen molar-refractivity contribution < 1.29 is 48.3 Å². The van der Waals surface area contributed by atoms with Crippen LogP contribution in [0.15, 0.2) is 48.5 Å². The Labute approximate surface area is 243 Å². The zero-order valence-electron chi connectivity index (χ0n) is 24.3. The van der Waals surface area contributed by atoms with Gasteiger partial charge in [-0.2, -0.15) is 0 Å². The summed E-state index contributed by atoms with van der Waals surface area (Å²) in [5.74, 6) is -0.892. The number of hydrogen-bond acceptors (Lipinski definition) is 10. The number of phenols is 2. The first-order valence-corrected chi connectivity index (χ1v) is 13.0. The minimum atomic E-state index is -0.720. The molecule has 0 aromatic heterocycles. The van der Waals surface area contributed by atoms with E-state index in [0.29, 0.717) is 35.2 Å². The highest BCUT2D eigenvalue weighted by atomic mass is 16.6. The molecule has 3 rings (SSSR count). The van der Waals surface area contributed by atoms with Crippen LogP contribution in [-0.2, 0) is 20.4 Å². The van der Waals surface area contributed by atoms with Crippen molar-refractivity contribution in [3.05, 3.63) is 70.8 Å².